The Kier molecular flexibility index (Phi) is 6.37. The number of nitrogens with one attached hydrogen (secondary N) is 1. The number of hydrogen-bond donors (Lipinski definition) is 1. The molecular formula is C19H29N3O2. The second-order valence-electron chi connectivity index (χ2n) is 6.91. The molecule has 5 nitrogen and oxygen atoms in total. The maximum absolute atomic E-state index is 12.9. The summed E-state index contributed by atoms with van der Waals surface area (Å²) in [6.07, 6.45) is 0.947. The molecule has 2 rings (SSSR count). The number of piperazine rings is 1. The Bertz CT molecular complexity index is 549. The highest BCUT2D eigenvalue weighted by Crippen LogP contribution is 2.26. The van der Waals surface area contributed by atoms with E-state index in [0.29, 0.717) is 19.6 Å². The molecule has 24 heavy (non-hydrogen) atoms. The van der Waals surface area contributed by atoms with Crippen LogP contribution < -0.4 is 5.32 Å². The van der Waals surface area contributed by atoms with Gasteiger partial charge in [-0.25, -0.2) is 0 Å². The summed E-state index contributed by atoms with van der Waals surface area (Å²) >= 11 is 0. The van der Waals surface area contributed by atoms with Crippen molar-refractivity contribution in [3.8, 4) is 0 Å². The summed E-state index contributed by atoms with van der Waals surface area (Å²) in [5.74, 6) is 0.227. The van der Waals surface area contributed by atoms with Crippen LogP contribution in [-0.4, -0.2) is 60.9 Å². The van der Waals surface area contributed by atoms with Crippen LogP contribution in [0.4, 0.5) is 0 Å². The lowest BCUT2D eigenvalue weighted by atomic mass is 9.83. The zero-order valence-electron chi connectivity index (χ0n) is 15.0. The molecule has 1 heterocycles. The third kappa shape index (κ3) is 4.57. The first-order valence-corrected chi connectivity index (χ1v) is 8.79. The second kappa shape index (κ2) is 8.29. The Hall–Kier alpha value is -1.88. The molecular weight excluding hydrogens is 302 g/mol. The Labute approximate surface area is 145 Å². The summed E-state index contributed by atoms with van der Waals surface area (Å²) in [5.41, 5.74) is 0.512. The van der Waals surface area contributed by atoms with Gasteiger partial charge in [0.2, 0.25) is 11.8 Å². The van der Waals surface area contributed by atoms with E-state index in [4.69, 9.17) is 0 Å². The van der Waals surface area contributed by atoms with Gasteiger partial charge in [-0.3, -0.25) is 14.5 Å². The normalized spacial score (nSPS) is 16.0. The smallest absolute Gasteiger partial charge is 0.234 e. The first-order chi connectivity index (χ1) is 11.4. The van der Waals surface area contributed by atoms with Crippen molar-refractivity contribution < 1.29 is 9.59 Å². The van der Waals surface area contributed by atoms with Crippen molar-refractivity contribution in [3.05, 3.63) is 35.9 Å². The number of nitrogens with zero attached hydrogens (tertiary/aromatic N) is 2. The van der Waals surface area contributed by atoms with Crippen molar-refractivity contribution in [2.24, 2.45) is 0 Å². The quantitative estimate of drug-likeness (QED) is 0.862. The van der Waals surface area contributed by atoms with E-state index >= 15 is 0 Å². The highest BCUT2D eigenvalue weighted by molar-refractivity contribution is 5.87. The summed E-state index contributed by atoms with van der Waals surface area (Å²) in [6, 6.07) is 9.92. The van der Waals surface area contributed by atoms with Crippen LogP contribution in [0.25, 0.3) is 0 Å². The van der Waals surface area contributed by atoms with Crippen molar-refractivity contribution in [3.63, 3.8) is 0 Å². The molecule has 0 radical (unpaired) electrons. The molecule has 0 aliphatic carbocycles. The Morgan fingerprint density at radius 2 is 1.71 bits per heavy atom. The largest absolute Gasteiger partial charge is 0.355 e. The van der Waals surface area contributed by atoms with Gasteiger partial charge in [-0.2, -0.15) is 0 Å². The lowest BCUT2D eigenvalue weighted by molar-refractivity contribution is -0.138. The number of hydrogen-bond acceptors (Lipinski definition) is 3. The van der Waals surface area contributed by atoms with Gasteiger partial charge in [-0.05, 0) is 25.8 Å². The fraction of sp³-hybridized carbons (Fsp3) is 0.579. The van der Waals surface area contributed by atoms with E-state index in [0.717, 1.165) is 31.6 Å². The molecule has 1 aromatic carbocycles. The van der Waals surface area contributed by atoms with Crippen molar-refractivity contribution in [2.45, 2.75) is 32.6 Å². The van der Waals surface area contributed by atoms with Crippen LogP contribution in [0.5, 0.6) is 0 Å². The monoisotopic (exact) mass is 331 g/mol. The van der Waals surface area contributed by atoms with Crippen molar-refractivity contribution in [2.75, 3.05) is 39.3 Å². The number of carbonyl (C=O) groups excluding carboxylic acids is 2. The van der Waals surface area contributed by atoms with Crippen molar-refractivity contribution >= 4 is 11.8 Å². The van der Waals surface area contributed by atoms with Gasteiger partial charge in [0, 0.05) is 32.7 Å². The Morgan fingerprint density at radius 1 is 1.08 bits per heavy atom. The van der Waals surface area contributed by atoms with E-state index in [1.54, 1.807) is 0 Å². The van der Waals surface area contributed by atoms with Gasteiger partial charge in [-0.1, -0.05) is 37.3 Å². The topological polar surface area (TPSA) is 52.7 Å². The molecule has 0 aromatic heterocycles. The molecule has 0 saturated carbocycles. The maximum atomic E-state index is 12.9. The Balaban J connectivity index is 1.87. The minimum Gasteiger partial charge on any atom is -0.355 e. The molecule has 0 unspecified atom stereocenters. The first kappa shape index (κ1) is 18.5. The zero-order valence-corrected chi connectivity index (χ0v) is 15.0. The molecule has 1 aliphatic rings. The van der Waals surface area contributed by atoms with Crippen LogP contribution in [0, 0.1) is 0 Å². The van der Waals surface area contributed by atoms with E-state index in [1.165, 1.54) is 0 Å². The second-order valence-corrected chi connectivity index (χ2v) is 6.91. The third-order valence-electron chi connectivity index (χ3n) is 4.63. The van der Waals surface area contributed by atoms with Crippen LogP contribution >= 0.6 is 0 Å². The molecule has 1 aromatic rings. The summed E-state index contributed by atoms with van der Waals surface area (Å²) in [4.78, 5) is 28.8. The van der Waals surface area contributed by atoms with Crippen molar-refractivity contribution in [1.29, 1.82) is 0 Å². The predicted octanol–water partition coefficient (Wildman–Crippen LogP) is 1.63. The molecule has 1 N–H and O–H groups in total. The average Bonchev–Trinajstić information content (AvgIpc) is 2.60. The van der Waals surface area contributed by atoms with E-state index in [-0.39, 0.29) is 11.8 Å². The third-order valence-corrected chi connectivity index (χ3v) is 4.63. The summed E-state index contributed by atoms with van der Waals surface area (Å²) < 4.78 is 0. The predicted molar refractivity (Wildman–Crippen MR) is 95.8 cm³/mol. The molecule has 132 valence electrons. The summed E-state index contributed by atoms with van der Waals surface area (Å²) in [5, 5.41) is 2.90. The number of carbonyl (C=O) groups is 2. The van der Waals surface area contributed by atoms with Gasteiger partial charge < -0.3 is 10.2 Å². The molecule has 2 amide bonds. The lowest BCUT2D eigenvalue weighted by Gasteiger charge is -2.38. The molecule has 0 spiro atoms. The first-order valence-electron chi connectivity index (χ1n) is 8.79. The van der Waals surface area contributed by atoms with Crippen LogP contribution in [0.1, 0.15) is 32.8 Å². The standard InChI is InChI=1S/C19H29N3O2/c1-4-10-20-17(23)15-21-11-13-22(14-12-21)18(24)19(2,3)16-8-6-5-7-9-16/h5-9H,4,10-15H2,1-3H3,(H,20,23). The van der Waals surface area contributed by atoms with Crippen LogP contribution in [0.3, 0.4) is 0 Å². The fourth-order valence-corrected chi connectivity index (χ4v) is 3.01. The molecule has 1 fully saturated rings. The van der Waals surface area contributed by atoms with E-state index < -0.39 is 5.41 Å². The van der Waals surface area contributed by atoms with E-state index in [2.05, 4.69) is 10.2 Å². The van der Waals surface area contributed by atoms with Gasteiger partial charge in [0.25, 0.3) is 0 Å². The Morgan fingerprint density at radius 3 is 2.29 bits per heavy atom. The zero-order chi connectivity index (χ0) is 17.6. The minimum atomic E-state index is -0.526. The van der Waals surface area contributed by atoms with Gasteiger partial charge in [-0.15, -0.1) is 0 Å². The maximum Gasteiger partial charge on any atom is 0.234 e. The highest BCUT2D eigenvalue weighted by atomic mass is 16.2. The van der Waals surface area contributed by atoms with Crippen LogP contribution in [0.15, 0.2) is 30.3 Å². The molecule has 5 heteroatoms. The van der Waals surface area contributed by atoms with Gasteiger partial charge >= 0.3 is 0 Å². The van der Waals surface area contributed by atoms with E-state index in [9.17, 15) is 9.59 Å². The van der Waals surface area contributed by atoms with Crippen LogP contribution in [0.2, 0.25) is 0 Å². The van der Waals surface area contributed by atoms with Crippen LogP contribution in [-0.2, 0) is 15.0 Å². The van der Waals surface area contributed by atoms with Gasteiger partial charge in [0.05, 0.1) is 12.0 Å². The van der Waals surface area contributed by atoms with E-state index in [1.807, 2.05) is 56.0 Å². The molecule has 1 aliphatic heterocycles. The number of benzene rings is 1. The summed E-state index contributed by atoms with van der Waals surface area (Å²) in [7, 11) is 0. The SMILES string of the molecule is CCCNC(=O)CN1CCN(C(=O)C(C)(C)c2ccccc2)CC1. The molecule has 1 saturated heterocycles. The lowest BCUT2D eigenvalue weighted by Crippen LogP contribution is -2.54. The average molecular weight is 331 g/mol. The number of amides is 2. The highest BCUT2D eigenvalue weighted by Gasteiger charge is 2.35. The van der Waals surface area contributed by atoms with Crippen molar-refractivity contribution in [1.82, 2.24) is 15.1 Å². The minimum absolute atomic E-state index is 0.0706. The van der Waals surface area contributed by atoms with Gasteiger partial charge in [0.1, 0.15) is 0 Å². The van der Waals surface area contributed by atoms with Gasteiger partial charge in [0.15, 0.2) is 0 Å². The fourth-order valence-electron chi connectivity index (χ4n) is 3.01. The summed E-state index contributed by atoms with van der Waals surface area (Å²) in [6.45, 7) is 9.99. The molecule has 0 atom stereocenters. The number of rotatable bonds is 6. The molecule has 0 bridgehead atoms.